The summed E-state index contributed by atoms with van der Waals surface area (Å²) in [6, 6.07) is 8.60. The fourth-order valence-corrected chi connectivity index (χ4v) is 5.24. The van der Waals surface area contributed by atoms with Gasteiger partial charge in [-0.15, -0.1) is 0 Å². The smallest absolute Gasteiger partial charge is 0.270 e. The lowest BCUT2D eigenvalue weighted by Crippen LogP contribution is -2.39. The number of hydrogen-bond acceptors (Lipinski definition) is 7. The van der Waals surface area contributed by atoms with Crippen molar-refractivity contribution in [1.29, 1.82) is 5.26 Å². The molecule has 2 fully saturated rings. The van der Waals surface area contributed by atoms with Crippen molar-refractivity contribution < 1.29 is 9.23 Å². The van der Waals surface area contributed by atoms with E-state index >= 15 is 0 Å². The van der Waals surface area contributed by atoms with Crippen LogP contribution in [0.4, 0.5) is 10.1 Å². The molecule has 2 aliphatic rings. The van der Waals surface area contributed by atoms with E-state index < -0.39 is 5.82 Å². The van der Waals surface area contributed by atoms with Gasteiger partial charge in [-0.25, -0.2) is 9.37 Å². The maximum atomic E-state index is 13.5. The first-order valence-corrected chi connectivity index (χ1v) is 12.9. The van der Waals surface area contributed by atoms with Crippen LogP contribution in [0, 0.1) is 29.0 Å². The van der Waals surface area contributed by atoms with Gasteiger partial charge in [-0.3, -0.25) is 9.78 Å². The molecule has 0 atom stereocenters. The van der Waals surface area contributed by atoms with E-state index in [0.29, 0.717) is 40.1 Å². The van der Waals surface area contributed by atoms with Crippen molar-refractivity contribution in [2.45, 2.75) is 44.6 Å². The van der Waals surface area contributed by atoms with Crippen LogP contribution in [0.1, 0.15) is 49.8 Å². The Bertz CT molecular complexity index is 1440. The number of oxime groups is 1. The van der Waals surface area contributed by atoms with E-state index in [1.54, 1.807) is 25.2 Å². The fraction of sp³-hybridized carbons (Fsp3) is 0.444. The number of nitriles is 1. The lowest BCUT2D eigenvalue weighted by atomic mass is 9.81. The summed E-state index contributed by atoms with van der Waals surface area (Å²) in [5.41, 5.74) is 2.72. The zero-order valence-corrected chi connectivity index (χ0v) is 21.6. The average molecular weight is 523 g/mol. The van der Waals surface area contributed by atoms with Gasteiger partial charge in [0.2, 0.25) is 0 Å². The molecule has 0 amide bonds. The molecule has 3 aromatic rings. The fourth-order valence-electron chi connectivity index (χ4n) is 5.09. The predicted octanol–water partition coefficient (Wildman–Crippen LogP) is 4.82. The van der Waals surface area contributed by atoms with Gasteiger partial charge in [-0.1, -0.05) is 16.8 Å². The molecule has 2 aliphatic carbocycles. The Hall–Kier alpha value is -3.51. The Morgan fingerprint density at radius 3 is 2.65 bits per heavy atom. The first-order chi connectivity index (χ1) is 17.9. The summed E-state index contributed by atoms with van der Waals surface area (Å²) in [5, 5.41) is 14.6. The lowest BCUT2D eigenvalue weighted by molar-refractivity contribution is 0.131. The number of aryl methyl sites for hydroxylation is 1. The number of anilines is 1. The maximum absolute atomic E-state index is 13.5. The van der Waals surface area contributed by atoms with E-state index in [1.165, 1.54) is 29.7 Å². The van der Waals surface area contributed by atoms with Gasteiger partial charge in [0.15, 0.2) is 0 Å². The number of nitrogens with zero attached hydrogens (tertiary/aromatic N) is 6. The van der Waals surface area contributed by atoms with Gasteiger partial charge in [-0.05, 0) is 68.7 Å². The van der Waals surface area contributed by atoms with E-state index in [4.69, 9.17) is 16.4 Å². The van der Waals surface area contributed by atoms with Crippen molar-refractivity contribution >= 4 is 34.0 Å². The standard InChI is InChI=1S/C27H28ClFN6O2/c1-34(26-20(13-30)27(36)35(2)22-11-12-23(28)32-25(22)26)19-8-5-17(6-9-19)24(33-37-15-16-3-4-16)21-10-7-18(29)14-31-21/h7,10-12,14,16-17,19H,3-6,8-9,15H2,1-2H3/b33-24-. The molecule has 10 heteroatoms. The first kappa shape index (κ1) is 25.2. The van der Waals surface area contributed by atoms with Gasteiger partial charge in [0.05, 0.1) is 23.1 Å². The molecule has 0 bridgehead atoms. The molecule has 3 heterocycles. The van der Waals surface area contributed by atoms with Crippen molar-refractivity contribution in [2.75, 3.05) is 18.6 Å². The van der Waals surface area contributed by atoms with Crippen LogP contribution < -0.4 is 10.5 Å². The zero-order valence-electron chi connectivity index (χ0n) is 20.8. The molecular formula is C27H28ClFN6O2. The molecule has 3 aromatic heterocycles. The van der Waals surface area contributed by atoms with Gasteiger partial charge in [0.1, 0.15) is 40.4 Å². The summed E-state index contributed by atoms with van der Waals surface area (Å²) in [5.74, 6) is 0.279. The van der Waals surface area contributed by atoms with Gasteiger partial charge in [-0.2, -0.15) is 5.26 Å². The summed E-state index contributed by atoms with van der Waals surface area (Å²) in [6.07, 6.45) is 6.74. The molecule has 0 spiro atoms. The number of pyridine rings is 3. The van der Waals surface area contributed by atoms with E-state index in [-0.39, 0.29) is 23.1 Å². The molecule has 0 unspecified atom stereocenters. The number of aromatic nitrogens is 3. The van der Waals surface area contributed by atoms with Crippen LogP contribution in [0.5, 0.6) is 0 Å². The molecule has 0 aromatic carbocycles. The monoisotopic (exact) mass is 522 g/mol. The minimum atomic E-state index is -0.393. The van der Waals surface area contributed by atoms with Gasteiger partial charge in [0, 0.05) is 26.1 Å². The molecule has 0 aliphatic heterocycles. The molecule has 37 heavy (non-hydrogen) atoms. The summed E-state index contributed by atoms with van der Waals surface area (Å²) in [4.78, 5) is 29.4. The number of fused-ring (bicyclic) bond motifs is 1. The highest BCUT2D eigenvalue weighted by Crippen LogP contribution is 2.35. The molecule has 2 saturated carbocycles. The van der Waals surface area contributed by atoms with Crippen LogP contribution in [-0.2, 0) is 11.9 Å². The summed E-state index contributed by atoms with van der Waals surface area (Å²) < 4.78 is 14.9. The van der Waals surface area contributed by atoms with E-state index in [0.717, 1.165) is 31.4 Å². The molecule has 5 rings (SSSR count). The molecular weight excluding hydrogens is 495 g/mol. The van der Waals surface area contributed by atoms with E-state index in [1.807, 2.05) is 11.9 Å². The summed E-state index contributed by atoms with van der Waals surface area (Å²) in [7, 11) is 3.53. The highest BCUT2D eigenvalue weighted by molar-refractivity contribution is 6.29. The van der Waals surface area contributed by atoms with Gasteiger partial charge >= 0.3 is 0 Å². The first-order valence-electron chi connectivity index (χ1n) is 12.5. The van der Waals surface area contributed by atoms with Crippen molar-refractivity contribution in [3.8, 4) is 6.07 Å². The average Bonchev–Trinajstić information content (AvgIpc) is 3.73. The number of halogens is 2. The minimum Gasteiger partial charge on any atom is -0.395 e. The number of rotatable bonds is 7. The summed E-state index contributed by atoms with van der Waals surface area (Å²) in [6.45, 7) is 0.589. The lowest BCUT2D eigenvalue weighted by Gasteiger charge is -2.36. The van der Waals surface area contributed by atoms with E-state index in [2.05, 4.69) is 21.2 Å². The third-order valence-electron chi connectivity index (χ3n) is 7.44. The van der Waals surface area contributed by atoms with E-state index in [9.17, 15) is 14.4 Å². The Kier molecular flexibility index (Phi) is 7.11. The second-order valence-corrected chi connectivity index (χ2v) is 10.3. The summed E-state index contributed by atoms with van der Waals surface area (Å²) >= 11 is 6.20. The third kappa shape index (κ3) is 5.16. The highest BCUT2D eigenvalue weighted by Gasteiger charge is 2.32. The molecule has 8 nitrogen and oxygen atoms in total. The highest BCUT2D eigenvalue weighted by atomic mass is 35.5. The Morgan fingerprint density at radius 2 is 2.00 bits per heavy atom. The molecule has 192 valence electrons. The molecule has 0 N–H and O–H groups in total. The van der Waals surface area contributed by atoms with Gasteiger partial charge in [0.25, 0.3) is 5.56 Å². The van der Waals surface area contributed by atoms with Crippen molar-refractivity contribution in [3.63, 3.8) is 0 Å². The zero-order chi connectivity index (χ0) is 26.1. The van der Waals surface area contributed by atoms with Crippen LogP contribution in [0.3, 0.4) is 0 Å². The van der Waals surface area contributed by atoms with Crippen molar-refractivity contribution in [1.82, 2.24) is 14.5 Å². The normalized spacial score (nSPS) is 20.0. The minimum absolute atomic E-state index is 0.0561. The van der Waals surface area contributed by atoms with Crippen LogP contribution in [0.25, 0.3) is 11.0 Å². The molecule has 0 saturated heterocycles. The predicted molar refractivity (Wildman–Crippen MR) is 140 cm³/mol. The third-order valence-corrected chi connectivity index (χ3v) is 7.65. The Morgan fingerprint density at radius 1 is 1.24 bits per heavy atom. The second kappa shape index (κ2) is 10.5. The van der Waals surface area contributed by atoms with Crippen LogP contribution in [0.15, 0.2) is 40.4 Å². The number of hydrogen-bond donors (Lipinski definition) is 0. The Balaban J connectivity index is 1.40. The van der Waals surface area contributed by atoms with Crippen LogP contribution in [-0.4, -0.2) is 39.9 Å². The van der Waals surface area contributed by atoms with Crippen LogP contribution in [0.2, 0.25) is 5.15 Å². The SMILES string of the molecule is CN(c1c(C#N)c(=O)n(C)c2ccc(Cl)nc12)C1CCC(/C(=N/OCC2CC2)c2ccc(F)cn2)CC1. The molecule has 0 radical (unpaired) electrons. The van der Waals surface area contributed by atoms with Gasteiger partial charge < -0.3 is 14.3 Å². The van der Waals surface area contributed by atoms with Crippen molar-refractivity contribution in [3.05, 3.63) is 63.0 Å². The van der Waals surface area contributed by atoms with Crippen LogP contribution >= 0.6 is 11.6 Å². The van der Waals surface area contributed by atoms with Crippen molar-refractivity contribution in [2.24, 2.45) is 24.0 Å². The quantitative estimate of drug-likeness (QED) is 0.251. The Labute approximate surface area is 219 Å². The second-order valence-electron chi connectivity index (χ2n) is 9.89. The largest absolute Gasteiger partial charge is 0.395 e. The topological polar surface area (TPSA) is 96.4 Å². The maximum Gasteiger partial charge on any atom is 0.270 e.